The number of nitrogens with zero attached hydrogens (tertiary/aromatic N) is 1. The highest BCUT2D eigenvalue weighted by Gasteiger charge is 2.38. The minimum absolute atomic E-state index is 0.0213. The van der Waals surface area contributed by atoms with Crippen molar-refractivity contribution in [2.45, 2.75) is 32.0 Å². The Labute approximate surface area is 166 Å². The van der Waals surface area contributed by atoms with Crippen LogP contribution in [0.25, 0.3) is 5.57 Å². The number of benzene rings is 1. The number of carboxylic acids is 1. The van der Waals surface area contributed by atoms with Gasteiger partial charge in [-0.05, 0) is 55.1 Å². The van der Waals surface area contributed by atoms with Crippen molar-refractivity contribution < 1.29 is 27.9 Å². The number of hydrogen-bond acceptors (Lipinski definition) is 3. The van der Waals surface area contributed by atoms with E-state index in [-0.39, 0.29) is 11.8 Å². The molecule has 0 saturated carbocycles. The molecule has 1 aliphatic heterocycles. The average Bonchev–Trinajstić information content (AvgIpc) is 3.08. The predicted molar refractivity (Wildman–Crippen MR) is 99.8 cm³/mol. The van der Waals surface area contributed by atoms with E-state index in [0.717, 1.165) is 23.6 Å². The van der Waals surface area contributed by atoms with Gasteiger partial charge in [0.25, 0.3) is 0 Å². The van der Waals surface area contributed by atoms with E-state index < -0.39 is 12.1 Å². The van der Waals surface area contributed by atoms with Gasteiger partial charge in [0.05, 0.1) is 5.92 Å². The molecular weight excluding hydrogens is 397 g/mol. The zero-order chi connectivity index (χ0) is 20.9. The first kappa shape index (κ1) is 22.2. The third-order valence-electron chi connectivity index (χ3n) is 4.68. The summed E-state index contributed by atoms with van der Waals surface area (Å²) >= 11 is 6.43. The molecule has 1 aromatic carbocycles. The maximum absolute atomic E-state index is 11.5. The molecule has 1 amide bonds. The van der Waals surface area contributed by atoms with Crippen LogP contribution in [0.15, 0.2) is 24.3 Å². The molecule has 9 heteroatoms. The molecule has 0 aromatic heterocycles. The summed E-state index contributed by atoms with van der Waals surface area (Å²) in [5.41, 5.74) is 3.56. The Morgan fingerprint density at radius 1 is 1.29 bits per heavy atom. The van der Waals surface area contributed by atoms with Crippen molar-refractivity contribution in [3.05, 3.63) is 40.4 Å². The van der Waals surface area contributed by atoms with Crippen molar-refractivity contribution in [2.75, 3.05) is 20.1 Å². The Morgan fingerprint density at radius 3 is 2.32 bits per heavy atom. The molecule has 0 radical (unpaired) electrons. The lowest BCUT2D eigenvalue weighted by Gasteiger charge is -2.25. The summed E-state index contributed by atoms with van der Waals surface area (Å²) in [5.74, 6) is -2.64. The number of carbonyl (C=O) groups excluding carboxylic acids is 1. The number of carboxylic acid groups (broad SMARTS) is 1. The van der Waals surface area contributed by atoms with Gasteiger partial charge in [0.2, 0.25) is 5.91 Å². The zero-order valence-corrected chi connectivity index (χ0v) is 16.1. The van der Waals surface area contributed by atoms with Gasteiger partial charge >= 0.3 is 12.1 Å². The van der Waals surface area contributed by atoms with E-state index in [9.17, 15) is 18.0 Å². The van der Waals surface area contributed by atoms with Crippen LogP contribution >= 0.6 is 11.6 Å². The SMILES string of the molecule is CNC(=O)C1C=C(c2ccc(CN3CCCC3)c(Cl)c2)C1.O=C(O)C(F)(F)F. The van der Waals surface area contributed by atoms with E-state index >= 15 is 0 Å². The smallest absolute Gasteiger partial charge is 0.475 e. The summed E-state index contributed by atoms with van der Waals surface area (Å²) in [6, 6.07) is 6.30. The van der Waals surface area contributed by atoms with Crippen LogP contribution in [0.3, 0.4) is 0 Å². The highest BCUT2D eigenvalue weighted by molar-refractivity contribution is 6.31. The second kappa shape index (κ2) is 9.43. The maximum atomic E-state index is 11.5. The molecule has 1 unspecified atom stereocenters. The van der Waals surface area contributed by atoms with Gasteiger partial charge in [-0.1, -0.05) is 29.8 Å². The number of allylic oxidation sites excluding steroid dienone is 1. The van der Waals surface area contributed by atoms with Crippen LogP contribution in [0.1, 0.15) is 30.4 Å². The zero-order valence-electron chi connectivity index (χ0n) is 15.4. The molecule has 2 aliphatic rings. The van der Waals surface area contributed by atoms with E-state index in [0.29, 0.717) is 0 Å². The fraction of sp³-hybridized carbons (Fsp3) is 0.474. The van der Waals surface area contributed by atoms with Gasteiger partial charge in [-0.15, -0.1) is 0 Å². The van der Waals surface area contributed by atoms with Crippen LogP contribution in [-0.4, -0.2) is 48.2 Å². The van der Waals surface area contributed by atoms with E-state index in [1.165, 1.54) is 37.1 Å². The third-order valence-corrected chi connectivity index (χ3v) is 5.04. The summed E-state index contributed by atoms with van der Waals surface area (Å²) < 4.78 is 31.7. The fourth-order valence-corrected chi connectivity index (χ4v) is 3.31. The van der Waals surface area contributed by atoms with Crippen LogP contribution in [0, 0.1) is 5.92 Å². The normalized spacial score (nSPS) is 19.2. The molecule has 1 fully saturated rings. The Kier molecular flexibility index (Phi) is 7.48. The van der Waals surface area contributed by atoms with E-state index in [1.54, 1.807) is 7.05 Å². The van der Waals surface area contributed by atoms with Crippen LogP contribution in [-0.2, 0) is 16.1 Å². The Bertz CT molecular complexity index is 759. The summed E-state index contributed by atoms with van der Waals surface area (Å²) in [5, 5.41) is 10.6. The van der Waals surface area contributed by atoms with Crippen molar-refractivity contribution in [1.29, 1.82) is 0 Å². The molecule has 2 N–H and O–H groups in total. The molecular formula is C19H22ClF3N2O3. The van der Waals surface area contributed by atoms with Gasteiger partial charge in [-0.25, -0.2) is 4.79 Å². The summed E-state index contributed by atoms with van der Waals surface area (Å²) in [4.78, 5) is 22.8. The maximum Gasteiger partial charge on any atom is 0.490 e. The number of rotatable bonds is 4. The number of likely N-dealkylation sites (tertiary alicyclic amines) is 1. The Morgan fingerprint density at radius 2 is 1.86 bits per heavy atom. The number of aliphatic carboxylic acids is 1. The average molecular weight is 419 g/mol. The molecule has 1 atom stereocenters. The molecule has 1 saturated heterocycles. The van der Waals surface area contributed by atoms with Crippen LogP contribution in [0.4, 0.5) is 13.2 Å². The highest BCUT2D eigenvalue weighted by atomic mass is 35.5. The quantitative estimate of drug-likeness (QED) is 0.782. The molecule has 28 heavy (non-hydrogen) atoms. The number of alkyl halides is 3. The van der Waals surface area contributed by atoms with Crippen LogP contribution in [0.2, 0.25) is 5.02 Å². The largest absolute Gasteiger partial charge is 0.490 e. The summed E-state index contributed by atoms with van der Waals surface area (Å²) in [6.07, 6.45) is 0.346. The van der Waals surface area contributed by atoms with Gasteiger partial charge in [0.15, 0.2) is 0 Å². The highest BCUT2D eigenvalue weighted by Crippen LogP contribution is 2.36. The minimum Gasteiger partial charge on any atom is -0.475 e. The first-order chi connectivity index (χ1) is 13.1. The van der Waals surface area contributed by atoms with E-state index in [1.807, 2.05) is 12.1 Å². The molecule has 3 rings (SSSR count). The number of amides is 1. The van der Waals surface area contributed by atoms with Crippen molar-refractivity contribution in [1.82, 2.24) is 10.2 Å². The monoisotopic (exact) mass is 418 g/mol. The number of halogens is 4. The third kappa shape index (κ3) is 5.97. The summed E-state index contributed by atoms with van der Waals surface area (Å²) in [7, 11) is 1.68. The van der Waals surface area contributed by atoms with E-state index in [4.69, 9.17) is 21.5 Å². The number of carbonyl (C=O) groups is 2. The molecule has 0 bridgehead atoms. The molecule has 154 valence electrons. The Balaban J connectivity index is 0.000000345. The topological polar surface area (TPSA) is 69.6 Å². The Hall–Kier alpha value is -2.06. The molecule has 1 aromatic rings. The van der Waals surface area contributed by atoms with Gasteiger partial charge in [0, 0.05) is 18.6 Å². The van der Waals surface area contributed by atoms with Crippen molar-refractivity contribution >= 4 is 29.1 Å². The van der Waals surface area contributed by atoms with Gasteiger partial charge in [-0.2, -0.15) is 13.2 Å². The summed E-state index contributed by atoms with van der Waals surface area (Å²) in [6.45, 7) is 3.30. The van der Waals surface area contributed by atoms with Gasteiger partial charge < -0.3 is 10.4 Å². The minimum atomic E-state index is -5.08. The van der Waals surface area contributed by atoms with Crippen LogP contribution in [0.5, 0.6) is 0 Å². The lowest BCUT2D eigenvalue weighted by atomic mass is 9.82. The van der Waals surface area contributed by atoms with Crippen molar-refractivity contribution in [3.63, 3.8) is 0 Å². The number of hydrogen-bond donors (Lipinski definition) is 2. The van der Waals surface area contributed by atoms with Crippen LogP contribution < -0.4 is 5.32 Å². The van der Waals surface area contributed by atoms with Crippen molar-refractivity contribution in [2.24, 2.45) is 5.92 Å². The van der Waals surface area contributed by atoms with Gasteiger partial charge in [0.1, 0.15) is 0 Å². The second-order valence-corrected chi connectivity index (χ2v) is 7.12. The predicted octanol–water partition coefficient (Wildman–Crippen LogP) is 3.72. The molecule has 5 nitrogen and oxygen atoms in total. The van der Waals surface area contributed by atoms with Crippen molar-refractivity contribution in [3.8, 4) is 0 Å². The van der Waals surface area contributed by atoms with Gasteiger partial charge in [-0.3, -0.25) is 9.69 Å². The number of nitrogens with one attached hydrogen (secondary N) is 1. The lowest BCUT2D eigenvalue weighted by Crippen LogP contribution is -2.30. The van der Waals surface area contributed by atoms with E-state index in [2.05, 4.69) is 22.3 Å². The second-order valence-electron chi connectivity index (χ2n) is 6.71. The molecule has 1 aliphatic carbocycles. The lowest BCUT2D eigenvalue weighted by molar-refractivity contribution is -0.192. The fourth-order valence-electron chi connectivity index (χ4n) is 3.07. The first-order valence-electron chi connectivity index (χ1n) is 8.85. The molecule has 0 spiro atoms. The molecule has 1 heterocycles. The first-order valence-corrected chi connectivity index (χ1v) is 9.23. The standard InChI is InChI=1S/C17H21ClN2O.C2HF3O2/c1-19-17(21)15-8-14(9-15)12-4-5-13(16(18)10-12)11-20-6-2-3-7-20;3-2(4,5)1(6)7/h4-5,8,10,15H,2-3,6-7,9,11H2,1H3,(H,19,21);(H,6,7).